The number of aromatic amines is 1. The summed E-state index contributed by atoms with van der Waals surface area (Å²) in [6.07, 6.45) is 0. The Balaban J connectivity index is 1.34. The molecule has 0 unspecified atom stereocenters. The fraction of sp³-hybridized carbons (Fsp3) is 0.412. The van der Waals surface area contributed by atoms with Gasteiger partial charge in [0.2, 0.25) is 6.79 Å². The van der Waals surface area contributed by atoms with E-state index >= 15 is 0 Å². The van der Waals surface area contributed by atoms with E-state index in [1.807, 2.05) is 18.2 Å². The van der Waals surface area contributed by atoms with Gasteiger partial charge in [0.1, 0.15) is 5.69 Å². The second-order valence-corrected chi connectivity index (χ2v) is 5.94. The monoisotopic (exact) mass is 344 g/mol. The highest BCUT2D eigenvalue weighted by Gasteiger charge is 2.17. The molecule has 0 bridgehead atoms. The third-order valence-corrected chi connectivity index (χ3v) is 4.31. The number of morpholine rings is 1. The molecule has 1 amide bonds. The van der Waals surface area contributed by atoms with Crippen LogP contribution in [0.5, 0.6) is 11.5 Å². The molecule has 8 nitrogen and oxygen atoms in total. The minimum atomic E-state index is -0.159. The molecule has 0 saturated carbocycles. The average molecular weight is 344 g/mol. The smallest absolute Gasteiger partial charge is 0.269 e. The molecular weight excluding hydrogens is 324 g/mol. The van der Waals surface area contributed by atoms with Gasteiger partial charge in [0.15, 0.2) is 11.5 Å². The summed E-state index contributed by atoms with van der Waals surface area (Å²) in [6, 6.07) is 7.33. The summed E-state index contributed by atoms with van der Waals surface area (Å²) in [6.45, 7) is 4.98. The Kier molecular flexibility index (Phi) is 4.53. The van der Waals surface area contributed by atoms with Crippen molar-refractivity contribution >= 4 is 5.91 Å². The first-order chi connectivity index (χ1) is 12.3. The SMILES string of the molecule is O=C(NCCN1CCOCC1)c1cc(-c2ccc3c(c2)OCO3)n[nH]1. The van der Waals surface area contributed by atoms with E-state index in [1.54, 1.807) is 6.07 Å². The molecule has 4 rings (SSSR count). The zero-order chi connectivity index (χ0) is 17.1. The van der Waals surface area contributed by atoms with E-state index in [2.05, 4.69) is 20.4 Å². The number of carbonyl (C=O) groups is 1. The highest BCUT2D eigenvalue weighted by molar-refractivity contribution is 5.93. The van der Waals surface area contributed by atoms with Crippen LogP contribution in [0.25, 0.3) is 11.3 Å². The third-order valence-electron chi connectivity index (χ3n) is 4.31. The number of nitrogens with zero attached hydrogens (tertiary/aromatic N) is 2. The van der Waals surface area contributed by atoms with Gasteiger partial charge in [-0.25, -0.2) is 0 Å². The number of carbonyl (C=O) groups excluding carboxylic acids is 1. The summed E-state index contributed by atoms with van der Waals surface area (Å²) in [5, 5.41) is 9.93. The summed E-state index contributed by atoms with van der Waals surface area (Å²) >= 11 is 0. The van der Waals surface area contributed by atoms with Crippen molar-refractivity contribution < 1.29 is 19.0 Å². The summed E-state index contributed by atoms with van der Waals surface area (Å²) in [5.41, 5.74) is 2.00. The fourth-order valence-electron chi connectivity index (χ4n) is 2.89. The number of amides is 1. The number of aromatic nitrogens is 2. The van der Waals surface area contributed by atoms with Gasteiger partial charge in [-0.1, -0.05) is 0 Å². The normalized spacial score (nSPS) is 16.8. The highest BCUT2D eigenvalue weighted by atomic mass is 16.7. The molecule has 1 fully saturated rings. The number of fused-ring (bicyclic) bond motifs is 1. The predicted molar refractivity (Wildman–Crippen MR) is 89.7 cm³/mol. The lowest BCUT2D eigenvalue weighted by Crippen LogP contribution is -2.41. The molecule has 2 aliphatic heterocycles. The summed E-state index contributed by atoms with van der Waals surface area (Å²) < 4.78 is 16.0. The van der Waals surface area contributed by atoms with Gasteiger partial charge in [-0.05, 0) is 24.3 Å². The fourth-order valence-corrected chi connectivity index (χ4v) is 2.89. The quantitative estimate of drug-likeness (QED) is 0.837. The number of ether oxygens (including phenoxy) is 3. The van der Waals surface area contributed by atoms with E-state index in [9.17, 15) is 4.79 Å². The Labute approximate surface area is 145 Å². The summed E-state index contributed by atoms with van der Waals surface area (Å²) in [5.74, 6) is 1.25. The predicted octanol–water partition coefficient (Wildman–Crippen LogP) is 0.867. The molecule has 132 valence electrons. The largest absolute Gasteiger partial charge is 0.454 e. The van der Waals surface area contributed by atoms with Crippen LogP contribution >= 0.6 is 0 Å². The molecule has 0 atom stereocenters. The zero-order valence-corrected chi connectivity index (χ0v) is 13.8. The molecule has 25 heavy (non-hydrogen) atoms. The highest BCUT2D eigenvalue weighted by Crippen LogP contribution is 2.35. The van der Waals surface area contributed by atoms with Gasteiger partial charge < -0.3 is 19.5 Å². The van der Waals surface area contributed by atoms with Crippen LogP contribution in [-0.4, -0.2) is 67.2 Å². The van der Waals surface area contributed by atoms with Crippen LogP contribution in [0, 0.1) is 0 Å². The lowest BCUT2D eigenvalue weighted by Gasteiger charge is -2.26. The van der Waals surface area contributed by atoms with Crippen molar-refractivity contribution in [1.29, 1.82) is 0 Å². The Morgan fingerprint density at radius 3 is 2.92 bits per heavy atom. The standard InChI is InChI=1S/C17H20N4O4/c22-17(18-3-4-21-5-7-23-8-6-21)14-10-13(19-20-14)12-1-2-15-16(9-12)25-11-24-15/h1-2,9-10H,3-8,11H2,(H,18,22)(H,19,20). The maximum atomic E-state index is 12.2. The molecule has 0 radical (unpaired) electrons. The maximum absolute atomic E-state index is 12.2. The van der Waals surface area contributed by atoms with Gasteiger partial charge in [-0.3, -0.25) is 14.8 Å². The molecule has 8 heteroatoms. The van der Waals surface area contributed by atoms with E-state index in [1.165, 1.54) is 0 Å². The first kappa shape index (κ1) is 15.9. The maximum Gasteiger partial charge on any atom is 0.269 e. The number of benzene rings is 1. The molecule has 1 saturated heterocycles. The van der Waals surface area contributed by atoms with E-state index in [0.717, 1.165) is 44.2 Å². The van der Waals surface area contributed by atoms with Crippen LogP contribution in [0.2, 0.25) is 0 Å². The van der Waals surface area contributed by atoms with Crippen molar-refractivity contribution in [2.24, 2.45) is 0 Å². The van der Waals surface area contributed by atoms with E-state index in [-0.39, 0.29) is 12.7 Å². The van der Waals surface area contributed by atoms with Crippen molar-refractivity contribution in [3.63, 3.8) is 0 Å². The van der Waals surface area contributed by atoms with Gasteiger partial charge in [-0.2, -0.15) is 5.10 Å². The van der Waals surface area contributed by atoms with E-state index in [0.29, 0.717) is 23.7 Å². The Morgan fingerprint density at radius 2 is 2.04 bits per heavy atom. The average Bonchev–Trinajstić information content (AvgIpc) is 3.31. The molecule has 0 spiro atoms. The van der Waals surface area contributed by atoms with Gasteiger partial charge in [0.25, 0.3) is 5.91 Å². The summed E-state index contributed by atoms with van der Waals surface area (Å²) in [7, 11) is 0. The van der Waals surface area contributed by atoms with Gasteiger partial charge in [-0.15, -0.1) is 0 Å². The van der Waals surface area contributed by atoms with Crippen LogP contribution in [0.1, 0.15) is 10.5 Å². The molecular formula is C17H20N4O4. The molecule has 1 aromatic heterocycles. The van der Waals surface area contributed by atoms with Crippen molar-refractivity contribution in [3.05, 3.63) is 30.0 Å². The van der Waals surface area contributed by atoms with Crippen molar-refractivity contribution in [1.82, 2.24) is 20.4 Å². The van der Waals surface area contributed by atoms with Gasteiger partial charge in [0.05, 0.1) is 18.9 Å². The van der Waals surface area contributed by atoms with Crippen molar-refractivity contribution in [2.75, 3.05) is 46.2 Å². The van der Waals surface area contributed by atoms with Crippen molar-refractivity contribution in [3.8, 4) is 22.8 Å². The third kappa shape index (κ3) is 3.59. The van der Waals surface area contributed by atoms with E-state index in [4.69, 9.17) is 14.2 Å². The van der Waals surface area contributed by atoms with Crippen LogP contribution < -0.4 is 14.8 Å². The Hall–Kier alpha value is -2.58. The van der Waals surface area contributed by atoms with Crippen LogP contribution in [0.15, 0.2) is 24.3 Å². The van der Waals surface area contributed by atoms with Gasteiger partial charge >= 0.3 is 0 Å². The topological polar surface area (TPSA) is 88.7 Å². The molecule has 0 aliphatic carbocycles. The first-order valence-electron chi connectivity index (χ1n) is 8.33. The second kappa shape index (κ2) is 7.12. The summed E-state index contributed by atoms with van der Waals surface area (Å²) in [4.78, 5) is 14.5. The minimum absolute atomic E-state index is 0.159. The van der Waals surface area contributed by atoms with Crippen molar-refractivity contribution in [2.45, 2.75) is 0 Å². The molecule has 2 N–H and O–H groups in total. The molecule has 3 heterocycles. The van der Waals surface area contributed by atoms with E-state index < -0.39 is 0 Å². The lowest BCUT2D eigenvalue weighted by atomic mass is 10.1. The number of nitrogens with one attached hydrogen (secondary N) is 2. The number of rotatable bonds is 5. The van der Waals surface area contributed by atoms with Crippen LogP contribution in [0.4, 0.5) is 0 Å². The number of hydrogen-bond acceptors (Lipinski definition) is 6. The molecule has 2 aliphatic rings. The lowest BCUT2D eigenvalue weighted by molar-refractivity contribution is 0.0383. The van der Waals surface area contributed by atoms with Crippen LogP contribution in [-0.2, 0) is 4.74 Å². The second-order valence-electron chi connectivity index (χ2n) is 5.94. The Bertz CT molecular complexity index is 755. The number of H-pyrrole nitrogens is 1. The zero-order valence-electron chi connectivity index (χ0n) is 13.8. The minimum Gasteiger partial charge on any atom is -0.454 e. The van der Waals surface area contributed by atoms with Crippen LogP contribution in [0.3, 0.4) is 0 Å². The Morgan fingerprint density at radius 1 is 1.20 bits per heavy atom. The number of hydrogen-bond donors (Lipinski definition) is 2. The molecule has 2 aromatic rings. The first-order valence-corrected chi connectivity index (χ1v) is 8.33. The molecule has 1 aromatic carbocycles. The van der Waals surface area contributed by atoms with Gasteiger partial charge in [0, 0.05) is 31.7 Å².